The van der Waals surface area contributed by atoms with Crippen molar-refractivity contribution in [3.8, 4) is 22.8 Å². The van der Waals surface area contributed by atoms with Gasteiger partial charge in [0.2, 0.25) is 10.7 Å². The van der Waals surface area contributed by atoms with Crippen LogP contribution in [0.2, 0.25) is 0 Å². The van der Waals surface area contributed by atoms with E-state index in [1.807, 2.05) is 67.1 Å². The molecule has 0 bridgehead atoms. The first-order chi connectivity index (χ1) is 16.8. The average Bonchev–Trinajstić information content (AvgIpc) is 3.16. The molecule has 9 heteroatoms. The van der Waals surface area contributed by atoms with E-state index in [1.54, 1.807) is 16.7 Å². The van der Waals surface area contributed by atoms with E-state index in [0.717, 1.165) is 16.8 Å². The Morgan fingerprint density at radius 2 is 1.83 bits per heavy atom. The van der Waals surface area contributed by atoms with E-state index >= 15 is 0 Å². The Morgan fingerprint density at radius 3 is 2.51 bits per heavy atom. The fourth-order valence-corrected chi connectivity index (χ4v) is 3.92. The number of hydrogen-bond acceptors (Lipinski definition) is 5. The number of likely N-dealkylation sites (N-methyl/N-ethyl adjacent to an activating group) is 1. The zero-order chi connectivity index (χ0) is 24.9. The van der Waals surface area contributed by atoms with E-state index in [4.69, 9.17) is 22.1 Å². The maximum atomic E-state index is 13.1. The van der Waals surface area contributed by atoms with E-state index in [0.29, 0.717) is 28.7 Å². The lowest BCUT2D eigenvalue weighted by atomic mass is 10.2. The predicted molar refractivity (Wildman–Crippen MR) is 137 cm³/mol. The number of carbonyl (C=O) groups is 1. The molecular formula is C26H26FN5O2S. The molecule has 0 saturated heterocycles. The highest BCUT2D eigenvalue weighted by molar-refractivity contribution is 7.71. The van der Waals surface area contributed by atoms with Gasteiger partial charge in [-0.2, -0.15) is 0 Å². The summed E-state index contributed by atoms with van der Waals surface area (Å²) in [4.78, 5) is 14.3. The van der Waals surface area contributed by atoms with E-state index < -0.39 is 0 Å². The van der Waals surface area contributed by atoms with Gasteiger partial charge in [-0.15, -0.1) is 5.10 Å². The summed E-state index contributed by atoms with van der Waals surface area (Å²) < 4.78 is 22.6. The third kappa shape index (κ3) is 5.82. The molecule has 1 amide bonds. The molecule has 0 unspecified atom stereocenters. The summed E-state index contributed by atoms with van der Waals surface area (Å²) in [6, 6.07) is 21.3. The summed E-state index contributed by atoms with van der Waals surface area (Å²) in [6.45, 7) is 2.43. The number of benzene rings is 3. The molecule has 0 fully saturated rings. The number of amides is 1. The van der Waals surface area contributed by atoms with Gasteiger partial charge in [0, 0.05) is 16.9 Å². The topological polar surface area (TPSA) is 64.3 Å². The molecular weight excluding hydrogens is 465 g/mol. The van der Waals surface area contributed by atoms with Crippen LogP contribution in [-0.2, 0) is 11.5 Å². The van der Waals surface area contributed by atoms with Crippen molar-refractivity contribution in [3.63, 3.8) is 0 Å². The molecule has 1 aromatic heterocycles. The number of halogens is 1. The van der Waals surface area contributed by atoms with Crippen LogP contribution >= 0.6 is 12.2 Å². The van der Waals surface area contributed by atoms with E-state index in [9.17, 15) is 9.18 Å². The molecule has 0 aliphatic heterocycles. The van der Waals surface area contributed by atoms with Gasteiger partial charge in [0.15, 0.2) is 5.82 Å². The zero-order valence-corrected chi connectivity index (χ0v) is 20.6. The van der Waals surface area contributed by atoms with Crippen molar-refractivity contribution in [3.05, 3.63) is 88.9 Å². The van der Waals surface area contributed by atoms with Gasteiger partial charge < -0.3 is 10.1 Å². The normalized spacial score (nSPS) is 11.0. The van der Waals surface area contributed by atoms with Crippen molar-refractivity contribution in [1.29, 1.82) is 0 Å². The molecule has 180 valence electrons. The summed E-state index contributed by atoms with van der Waals surface area (Å²) in [5.41, 5.74) is 3.42. The second-order valence-electron chi connectivity index (χ2n) is 8.22. The smallest absolute Gasteiger partial charge is 0.238 e. The number of carbonyl (C=O) groups excluding carboxylic acids is 1. The largest absolute Gasteiger partial charge is 0.497 e. The third-order valence-electron chi connectivity index (χ3n) is 5.38. The van der Waals surface area contributed by atoms with Crippen LogP contribution in [0.25, 0.3) is 17.1 Å². The van der Waals surface area contributed by atoms with E-state index in [2.05, 4.69) is 5.32 Å². The number of ether oxygens (including phenoxy) is 1. The molecule has 0 spiro atoms. The van der Waals surface area contributed by atoms with Crippen molar-refractivity contribution < 1.29 is 13.9 Å². The Hall–Kier alpha value is -3.82. The molecule has 1 N–H and O–H groups in total. The first-order valence-electron chi connectivity index (χ1n) is 11.0. The first-order valence-corrected chi connectivity index (χ1v) is 11.4. The standard InChI is InChI=1S/C26H26FN5O2S/c1-18-7-13-22(14-8-18)32-25(19-5-4-6-23(15-19)34-3)29-31(26(32)35)17-30(2)16-24(33)28-21-11-9-20(27)10-12-21/h4-15H,16-17H2,1-3H3,(H,28,33). The molecule has 7 nitrogen and oxygen atoms in total. The van der Waals surface area contributed by atoms with Gasteiger partial charge in [-0.25, -0.2) is 9.07 Å². The molecule has 35 heavy (non-hydrogen) atoms. The highest BCUT2D eigenvalue weighted by Gasteiger charge is 2.17. The number of nitrogens with zero attached hydrogens (tertiary/aromatic N) is 4. The molecule has 1 heterocycles. The Kier molecular flexibility index (Phi) is 7.38. The molecule has 0 radical (unpaired) electrons. The minimum absolute atomic E-state index is 0.102. The van der Waals surface area contributed by atoms with Crippen LogP contribution in [0.15, 0.2) is 72.8 Å². The highest BCUT2D eigenvalue weighted by atomic mass is 32.1. The minimum atomic E-state index is -0.356. The Morgan fingerprint density at radius 1 is 1.11 bits per heavy atom. The zero-order valence-electron chi connectivity index (χ0n) is 19.7. The number of rotatable bonds is 8. The summed E-state index contributed by atoms with van der Waals surface area (Å²) in [6.07, 6.45) is 0. The van der Waals surface area contributed by atoms with E-state index in [-0.39, 0.29) is 18.3 Å². The maximum Gasteiger partial charge on any atom is 0.238 e. The lowest BCUT2D eigenvalue weighted by molar-refractivity contribution is -0.117. The number of aryl methyl sites for hydroxylation is 1. The Bertz CT molecular complexity index is 1380. The van der Waals surface area contributed by atoms with Crippen LogP contribution in [0.3, 0.4) is 0 Å². The van der Waals surface area contributed by atoms with Crippen LogP contribution in [0, 0.1) is 17.5 Å². The van der Waals surface area contributed by atoms with Crippen LogP contribution in [0.4, 0.5) is 10.1 Å². The SMILES string of the molecule is COc1cccc(-c2nn(CN(C)CC(=O)Nc3ccc(F)cc3)c(=S)n2-c2ccc(C)cc2)c1. The van der Waals surface area contributed by atoms with Gasteiger partial charge >= 0.3 is 0 Å². The van der Waals surface area contributed by atoms with Gasteiger partial charge in [-0.05, 0) is 74.7 Å². The highest BCUT2D eigenvalue weighted by Crippen LogP contribution is 2.26. The summed E-state index contributed by atoms with van der Waals surface area (Å²) in [7, 11) is 3.43. The third-order valence-corrected chi connectivity index (χ3v) is 5.77. The van der Waals surface area contributed by atoms with Crippen molar-refractivity contribution in [2.24, 2.45) is 0 Å². The monoisotopic (exact) mass is 491 g/mol. The van der Waals surface area contributed by atoms with Gasteiger partial charge in [0.25, 0.3) is 0 Å². The number of hydrogen-bond donors (Lipinski definition) is 1. The fraction of sp³-hybridized carbons (Fsp3) is 0.192. The van der Waals surface area contributed by atoms with Crippen LogP contribution < -0.4 is 10.1 Å². The summed E-state index contributed by atoms with van der Waals surface area (Å²) in [5.74, 6) is 0.803. The van der Waals surface area contributed by atoms with Gasteiger partial charge in [0.05, 0.1) is 20.3 Å². The first kappa shape index (κ1) is 24.3. The number of nitrogens with one attached hydrogen (secondary N) is 1. The quantitative estimate of drug-likeness (QED) is 0.349. The van der Waals surface area contributed by atoms with Gasteiger partial charge in [-0.1, -0.05) is 29.8 Å². The van der Waals surface area contributed by atoms with Crippen LogP contribution in [0.1, 0.15) is 5.56 Å². The second-order valence-corrected chi connectivity index (χ2v) is 8.58. The molecule has 3 aromatic carbocycles. The second kappa shape index (κ2) is 10.6. The summed E-state index contributed by atoms with van der Waals surface area (Å²) >= 11 is 5.81. The summed E-state index contributed by atoms with van der Waals surface area (Å²) in [5, 5.41) is 7.56. The minimum Gasteiger partial charge on any atom is -0.497 e. The van der Waals surface area contributed by atoms with Crippen LogP contribution in [-0.4, -0.2) is 45.9 Å². The fourth-order valence-electron chi connectivity index (χ4n) is 3.63. The van der Waals surface area contributed by atoms with Crippen molar-refractivity contribution in [2.45, 2.75) is 13.6 Å². The van der Waals surface area contributed by atoms with Crippen LogP contribution in [0.5, 0.6) is 5.75 Å². The molecule has 0 aliphatic rings. The van der Waals surface area contributed by atoms with Crippen molar-refractivity contribution in [1.82, 2.24) is 19.2 Å². The van der Waals surface area contributed by atoms with Gasteiger partial charge in [-0.3, -0.25) is 14.3 Å². The average molecular weight is 492 g/mol. The van der Waals surface area contributed by atoms with Gasteiger partial charge in [0.1, 0.15) is 11.6 Å². The number of aromatic nitrogens is 3. The predicted octanol–water partition coefficient (Wildman–Crippen LogP) is 5.05. The number of anilines is 1. The van der Waals surface area contributed by atoms with Crippen molar-refractivity contribution in [2.75, 3.05) is 26.0 Å². The molecule has 0 atom stereocenters. The molecule has 4 aromatic rings. The maximum absolute atomic E-state index is 13.1. The molecule has 4 rings (SSSR count). The van der Waals surface area contributed by atoms with E-state index in [1.165, 1.54) is 24.3 Å². The molecule has 0 saturated carbocycles. The lowest BCUT2D eigenvalue weighted by Crippen LogP contribution is -2.32. The van der Waals surface area contributed by atoms with Crippen molar-refractivity contribution >= 4 is 23.8 Å². The number of methoxy groups -OCH3 is 1. The molecule has 0 aliphatic carbocycles. The Labute approximate surface area is 208 Å². The Balaban J connectivity index is 1.61. The lowest BCUT2D eigenvalue weighted by Gasteiger charge is -2.16.